The first-order chi connectivity index (χ1) is 19.6. The summed E-state index contributed by atoms with van der Waals surface area (Å²) in [5.74, 6) is 0.460. The van der Waals surface area contributed by atoms with Gasteiger partial charge in [-0.15, -0.1) is 0 Å². The lowest BCUT2D eigenvalue weighted by molar-refractivity contribution is 0.489. The summed E-state index contributed by atoms with van der Waals surface area (Å²) in [7, 11) is 0. The Morgan fingerprint density at radius 3 is 2.73 bits per heavy atom. The van der Waals surface area contributed by atoms with Gasteiger partial charge in [0.05, 0.1) is 5.52 Å². The van der Waals surface area contributed by atoms with Gasteiger partial charge in [-0.1, -0.05) is 25.0 Å². The van der Waals surface area contributed by atoms with Gasteiger partial charge in [-0.25, -0.2) is 18.7 Å². The maximum absolute atomic E-state index is 15.3. The molecule has 0 aliphatic heterocycles. The molecule has 1 aliphatic rings. The molecule has 7 rings (SSSR count). The normalized spacial score (nSPS) is 14.1. The second kappa shape index (κ2) is 10.2. The lowest BCUT2D eigenvalue weighted by Gasteiger charge is -2.11. The second-order valence-corrected chi connectivity index (χ2v) is 10.5. The Balaban J connectivity index is 1.23. The molecule has 0 radical (unpaired) electrons. The molecule has 7 nitrogen and oxygen atoms in total. The van der Waals surface area contributed by atoms with Crippen LogP contribution in [-0.2, 0) is 6.54 Å². The number of nitrogens with one attached hydrogen (secondary N) is 3. The highest BCUT2D eigenvalue weighted by Gasteiger charge is 2.19. The van der Waals surface area contributed by atoms with Gasteiger partial charge in [0.2, 0.25) is 0 Å². The van der Waals surface area contributed by atoms with Crippen LogP contribution >= 0.6 is 0 Å². The van der Waals surface area contributed by atoms with Crippen LogP contribution in [0.4, 0.5) is 8.78 Å². The molecule has 0 bridgehead atoms. The molecule has 9 heteroatoms. The van der Waals surface area contributed by atoms with Crippen LogP contribution in [-0.4, -0.2) is 36.7 Å². The number of halogens is 2. The number of pyridine rings is 2. The van der Waals surface area contributed by atoms with Gasteiger partial charge in [-0.05, 0) is 78.4 Å². The van der Waals surface area contributed by atoms with Gasteiger partial charge in [0.15, 0.2) is 17.3 Å². The molecular weight excluding hydrogens is 508 g/mol. The number of fused-ring (bicyclic) bond motifs is 2. The molecule has 40 heavy (non-hydrogen) atoms. The lowest BCUT2D eigenvalue weighted by Crippen LogP contribution is -2.20. The molecule has 6 aromatic rings. The van der Waals surface area contributed by atoms with Crippen LogP contribution in [0.25, 0.3) is 55.8 Å². The standard InChI is InChI=1S/C31H27F2N7/c32-23-7-3-6-20(11-23)24-8-9-36-30-28(24)37-31(38-30)29-25-12-21(13-26(33)27(25)39-40-29)22-10-19(16-35-17-22)15-34-14-18-4-1-2-5-18/h3,6-13,16-18,34H,1-2,4-5,14-15H2,(H,39,40)(H,36,37,38). The summed E-state index contributed by atoms with van der Waals surface area (Å²) >= 11 is 0. The van der Waals surface area contributed by atoms with E-state index in [4.69, 9.17) is 0 Å². The molecule has 1 saturated carbocycles. The maximum Gasteiger partial charge on any atom is 0.178 e. The third-order valence-corrected chi connectivity index (χ3v) is 7.74. The summed E-state index contributed by atoms with van der Waals surface area (Å²) in [6.45, 7) is 1.73. The predicted octanol–water partition coefficient (Wildman–Crippen LogP) is 6.79. The van der Waals surface area contributed by atoms with E-state index in [1.807, 2.05) is 30.5 Å². The van der Waals surface area contributed by atoms with Gasteiger partial charge in [-0.3, -0.25) is 10.1 Å². The quantitative estimate of drug-likeness (QED) is 0.209. The van der Waals surface area contributed by atoms with E-state index in [0.717, 1.165) is 35.7 Å². The van der Waals surface area contributed by atoms with Crippen LogP contribution < -0.4 is 5.32 Å². The topological polar surface area (TPSA) is 95.2 Å². The molecule has 0 atom stereocenters. The average Bonchev–Trinajstić information content (AvgIpc) is 3.73. The summed E-state index contributed by atoms with van der Waals surface area (Å²) < 4.78 is 29.2. The van der Waals surface area contributed by atoms with Gasteiger partial charge >= 0.3 is 0 Å². The number of hydrogen-bond acceptors (Lipinski definition) is 5. The molecule has 1 aliphatic carbocycles. The molecule has 0 saturated heterocycles. The first-order valence-corrected chi connectivity index (χ1v) is 13.6. The summed E-state index contributed by atoms with van der Waals surface area (Å²) in [6, 6.07) is 13.6. The van der Waals surface area contributed by atoms with E-state index in [2.05, 4.69) is 35.5 Å². The van der Waals surface area contributed by atoms with Crippen molar-refractivity contribution < 1.29 is 8.78 Å². The zero-order chi connectivity index (χ0) is 27.1. The highest BCUT2D eigenvalue weighted by atomic mass is 19.1. The third-order valence-electron chi connectivity index (χ3n) is 7.74. The monoisotopic (exact) mass is 535 g/mol. The van der Waals surface area contributed by atoms with Crippen LogP contribution in [0.2, 0.25) is 0 Å². The van der Waals surface area contributed by atoms with E-state index >= 15 is 4.39 Å². The lowest BCUT2D eigenvalue weighted by atomic mass is 10.0. The molecule has 0 amide bonds. The number of aromatic nitrogens is 6. The molecule has 200 valence electrons. The number of aromatic amines is 2. The number of imidazole rings is 1. The molecule has 3 N–H and O–H groups in total. The molecule has 0 spiro atoms. The van der Waals surface area contributed by atoms with Crippen molar-refractivity contribution in [2.24, 2.45) is 5.92 Å². The van der Waals surface area contributed by atoms with E-state index < -0.39 is 5.82 Å². The number of benzene rings is 2. The van der Waals surface area contributed by atoms with Crippen molar-refractivity contribution in [1.82, 2.24) is 35.5 Å². The van der Waals surface area contributed by atoms with E-state index in [0.29, 0.717) is 39.2 Å². The number of rotatable bonds is 7. The molecule has 1 fully saturated rings. The first kappa shape index (κ1) is 24.5. The van der Waals surface area contributed by atoms with Crippen LogP contribution in [0.5, 0.6) is 0 Å². The van der Waals surface area contributed by atoms with Crippen molar-refractivity contribution in [3.63, 3.8) is 0 Å². The summed E-state index contributed by atoms with van der Waals surface area (Å²) in [4.78, 5) is 16.8. The van der Waals surface area contributed by atoms with Crippen molar-refractivity contribution in [2.75, 3.05) is 6.54 Å². The molecule has 0 unspecified atom stereocenters. The maximum atomic E-state index is 15.3. The average molecular weight is 536 g/mol. The molecule has 4 heterocycles. The predicted molar refractivity (Wildman–Crippen MR) is 151 cm³/mol. The van der Waals surface area contributed by atoms with Crippen molar-refractivity contribution in [1.29, 1.82) is 0 Å². The fourth-order valence-corrected chi connectivity index (χ4v) is 5.73. The third kappa shape index (κ3) is 4.62. The Bertz CT molecular complexity index is 1840. The smallest absolute Gasteiger partial charge is 0.178 e. The molecule has 2 aromatic carbocycles. The van der Waals surface area contributed by atoms with E-state index in [-0.39, 0.29) is 11.3 Å². The van der Waals surface area contributed by atoms with Gasteiger partial charge in [0, 0.05) is 41.6 Å². The zero-order valence-electron chi connectivity index (χ0n) is 21.7. The van der Waals surface area contributed by atoms with Crippen LogP contribution in [0.3, 0.4) is 0 Å². The van der Waals surface area contributed by atoms with Crippen molar-refractivity contribution in [3.05, 3.63) is 84.3 Å². The zero-order valence-corrected chi connectivity index (χ0v) is 21.7. The largest absolute Gasteiger partial charge is 0.335 e. The van der Waals surface area contributed by atoms with Gasteiger partial charge < -0.3 is 10.3 Å². The minimum Gasteiger partial charge on any atom is -0.335 e. The van der Waals surface area contributed by atoms with Gasteiger partial charge in [0.25, 0.3) is 0 Å². The Morgan fingerprint density at radius 1 is 0.950 bits per heavy atom. The summed E-state index contributed by atoms with van der Waals surface area (Å²) in [5.41, 5.74) is 5.94. The fourth-order valence-electron chi connectivity index (χ4n) is 5.73. The van der Waals surface area contributed by atoms with E-state index in [9.17, 15) is 4.39 Å². The van der Waals surface area contributed by atoms with Crippen LogP contribution in [0.15, 0.2) is 67.1 Å². The highest BCUT2D eigenvalue weighted by molar-refractivity contribution is 5.97. The van der Waals surface area contributed by atoms with Crippen LogP contribution in [0.1, 0.15) is 31.2 Å². The fraction of sp³-hybridized carbons (Fsp3) is 0.226. The molecular formula is C31H27F2N7. The Kier molecular flexibility index (Phi) is 6.28. The highest BCUT2D eigenvalue weighted by Crippen LogP contribution is 2.34. The minimum absolute atomic E-state index is 0.222. The van der Waals surface area contributed by atoms with Gasteiger partial charge in [0.1, 0.15) is 17.0 Å². The van der Waals surface area contributed by atoms with E-state index in [1.165, 1.54) is 43.9 Å². The Labute approximate surface area is 229 Å². The Hall–Kier alpha value is -4.50. The first-order valence-electron chi connectivity index (χ1n) is 13.6. The molecule has 4 aromatic heterocycles. The SMILES string of the molecule is Fc1cccc(-c2ccnc3nc(-c4[nH]nc5c(F)cc(-c6cncc(CNCC7CCCC7)c6)cc45)[nH]c23)c1. The number of hydrogen-bond donors (Lipinski definition) is 3. The summed E-state index contributed by atoms with van der Waals surface area (Å²) in [5, 5.41) is 11.3. The van der Waals surface area contributed by atoms with Crippen molar-refractivity contribution in [2.45, 2.75) is 32.2 Å². The van der Waals surface area contributed by atoms with Gasteiger partial charge in [-0.2, -0.15) is 5.10 Å². The number of H-pyrrole nitrogens is 2. The summed E-state index contributed by atoms with van der Waals surface area (Å²) in [6.07, 6.45) is 10.5. The number of nitrogens with zero attached hydrogens (tertiary/aromatic N) is 4. The minimum atomic E-state index is -0.436. The van der Waals surface area contributed by atoms with Crippen molar-refractivity contribution >= 4 is 22.1 Å². The Morgan fingerprint density at radius 2 is 1.85 bits per heavy atom. The van der Waals surface area contributed by atoms with Crippen LogP contribution in [0, 0.1) is 17.6 Å². The van der Waals surface area contributed by atoms with Crippen molar-refractivity contribution in [3.8, 4) is 33.8 Å². The second-order valence-electron chi connectivity index (χ2n) is 10.5. The van der Waals surface area contributed by atoms with E-state index in [1.54, 1.807) is 18.5 Å².